The monoisotopic (exact) mass is 563 g/mol. The molecule has 3 N–H and O–H groups in total. The van der Waals surface area contributed by atoms with Gasteiger partial charge >= 0.3 is 51.7 Å². The smallest absolute Gasteiger partial charge is 0.677 e. The maximum absolute atomic E-state index is 12.6. The molecule has 0 bridgehead atoms. The molecule has 0 aliphatic heterocycles. The third-order valence-electron chi connectivity index (χ3n) is 3.12. The summed E-state index contributed by atoms with van der Waals surface area (Å²) >= 11 is 0. The van der Waals surface area contributed by atoms with E-state index in [-0.39, 0.29) is 38.3 Å². The van der Waals surface area contributed by atoms with Crippen LogP contribution in [0.15, 0.2) is 24.3 Å². The molecule has 1 aromatic rings. The van der Waals surface area contributed by atoms with Crippen LogP contribution in [-0.2, 0) is 26.2 Å². The van der Waals surface area contributed by atoms with Crippen molar-refractivity contribution in [3.05, 3.63) is 41.5 Å². The van der Waals surface area contributed by atoms with Gasteiger partial charge in [-0.1, -0.05) is 40.0 Å². The summed E-state index contributed by atoms with van der Waals surface area (Å²) in [6, 6.07) is 1.84. The third kappa shape index (κ3) is 12.5. The fourth-order valence-electron chi connectivity index (χ4n) is 1.60. The van der Waals surface area contributed by atoms with Crippen molar-refractivity contribution in [2.45, 2.75) is 57.4 Å². The van der Waals surface area contributed by atoms with Gasteiger partial charge < -0.3 is 17.2 Å². The first kappa shape index (κ1) is 38.0. The molecule has 3 nitrogen and oxygen atoms in total. The molecule has 182 valence electrons. The Labute approximate surface area is 197 Å². The van der Waals surface area contributed by atoms with Gasteiger partial charge in [0.15, 0.2) is 0 Å². The van der Waals surface area contributed by atoms with Crippen LogP contribution in [0.2, 0.25) is 0 Å². The van der Waals surface area contributed by atoms with E-state index in [4.69, 9.17) is 17.2 Å². The van der Waals surface area contributed by atoms with Crippen LogP contribution < -0.4 is 5.19 Å². The molecule has 0 fully saturated rings. The average molecular weight is 565 g/mol. The van der Waals surface area contributed by atoms with Crippen LogP contribution in [0.1, 0.15) is 40.0 Å². The number of hydrogen-bond donors (Lipinski definition) is 0. The normalized spacial score (nSPS) is 11.6. The van der Waals surface area contributed by atoms with Crippen molar-refractivity contribution in [3.8, 4) is 0 Å². The van der Waals surface area contributed by atoms with Crippen LogP contribution in [0.25, 0.3) is 17.2 Å². The molecule has 0 saturated carbocycles. The maximum atomic E-state index is 12.6. The summed E-state index contributed by atoms with van der Waals surface area (Å²) in [6.07, 6.45) is 2.96. The first-order chi connectivity index (χ1) is 13.6. The first-order valence-electron chi connectivity index (χ1n) is 8.96. The van der Waals surface area contributed by atoms with E-state index in [1.54, 1.807) is 0 Å². The van der Waals surface area contributed by atoms with Gasteiger partial charge in [-0.3, -0.25) is 0 Å². The summed E-state index contributed by atoms with van der Waals surface area (Å²) in [5, 5.41) is -1.75. The number of halogens is 9. The second-order valence-corrected chi connectivity index (χ2v) is 9.45. The van der Waals surface area contributed by atoms with Crippen LogP contribution in [0.4, 0.5) is 39.5 Å². The van der Waals surface area contributed by atoms with Gasteiger partial charge in [0, 0.05) is 0 Å². The number of nitrogens with one attached hydrogen (secondary N) is 3. The average Bonchev–Trinajstić information content (AvgIpc) is 3.13. The summed E-state index contributed by atoms with van der Waals surface area (Å²) in [7, 11) is -7.72. The molecule has 0 aliphatic carbocycles. The van der Waals surface area contributed by atoms with Crippen molar-refractivity contribution in [1.82, 2.24) is 0 Å². The van der Waals surface area contributed by atoms with Gasteiger partial charge in [0.2, 0.25) is 0 Å². The number of rotatable bonds is 4. The van der Waals surface area contributed by atoms with Crippen molar-refractivity contribution in [2.75, 3.05) is 19.6 Å². The van der Waals surface area contributed by atoms with Crippen LogP contribution in [-0.4, -0.2) is 45.1 Å². The van der Waals surface area contributed by atoms with Crippen molar-refractivity contribution in [2.24, 2.45) is 0 Å². The third-order valence-corrected chi connectivity index (χ3v) is 6.87. The molecule has 0 atom stereocenters. The largest absolute Gasteiger partial charge is 4.00 e. The molecule has 0 unspecified atom stereocenters. The van der Waals surface area contributed by atoms with Crippen LogP contribution in [0.3, 0.4) is 0 Å². The second-order valence-electron chi connectivity index (χ2n) is 5.67. The van der Waals surface area contributed by atoms with E-state index >= 15 is 0 Å². The fraction of sp³-hybridized carbons (Fsp3) is 0.706. The first-order valence-corrected chi connectivity index (χ1v) is 11.0. The van der Waals surface area contributed by atoms with Crippen molar-refractivity contribution >= 4 is 13.3 Å². The van der Waals surface area contributed by atoms with Crippen LogP contribution >= 0.6 is 0 Å². The molecule has 0 spiro atoms. The molecule has 0 saturated heterocycles. The topological polar surface area (TPSA) is 71.4 Å². The van der Waals surface area contributed by atoms with Crippen molar-refractivity contribution in [1.29, 1.82) is 0 Å². The predicted octanol–water partition coefficient (Wildman–Crippen LogP) is 7.71. The van der Waals surface area contributed by atoms with Gasteiger partial charge in [-0.05, 0) is 0 Å². The maximum Gasteiger partial charge on any atom is 4.00 e. The fourth-order valence-corrected chi connectivity index (χ4v) is 4.24. The van der Waals surface area contributed by atoms with Gasteiger partial charge in [-0.15, -0.1) is 5.19 Å². The summed E-state index contributed by atoms with van der Waals surface area (Å²) in [4.78, 5) is 0. The Morgan fingerprint density at radius 2 is 0.806 bits per heavy atom. The van der Waals surface area contributed by atoms with Crippen molar-refractivity contribution in [3.63, 3.8) is 0 Å². The Bertz CT molecular complexity index is 453. The minimum atomic E-state index is -7.72. The standard InChI is InChI=1S/C8H4F9Si.3C3H8N.Zr/c9-6(10,11)18(7(12,13)14,8(15,16)17)5-3-1-2-4-5;3*1-2-3-4;/h1-4H;3*4H,2-3H2,1H3;/q4*-1;+4. The summed E-state index contributed by atoms with van der Waals surface area (Å²) in [5.41, 5.74) is 19.4. The number of alkyl halides is 9. The molecule has 0 amide bonds. The minimum absolute atomic E-state index is 0. The molecule has 14 heteroatoms. The molecule has 0 radical (unpaired) electrons. The molecule has 1 rings (SSSR count). The van der Waals surface area contributed by atoms with E-state index in [0.717, 1.165) is 19.3 Å². The molecule has 0 aromatic heterocycles. The van der Waals surface area contributed by atoms with Gasteiger partial charge in [0.25, 0.3) is 0 Å². The van der Waals surface area contributed by atoms with E-state index in [1.807, 2.05) is 20.8 Å². The van der Waals surface area contributed by atoms with Gasteiger partial charge in [0.05, 0.1) is 0 Å². The zero-order chi connectivity index (χ0) is 24.6. The van der Waals surface area contributed by atoms with E-state index in [1.165, 1.54) is 0 Å². The quantitative estimate of drug-likeness (QED) is 0.204. The van der Waals surface area contributed by atoms with E-state index in [2.05, 4.69) is 0 Å². The van der Waals surface area contributed by atoms with Crippen LogP contribution in [0.5, 0.6) is 0 Å². The summed E-state index contributed by atoms with van der Waals surface area (Å²) in [6.45, 7) is 7.69. The Kier molecular flexibility index (Phi) is 22.3. The minimum Gasteiger partial charge on any atom is -0.677 e. The predicted molar refractivity (Wildman–Crippen MR) is 104 cm³/mol. The van der Waals surface area contributed by atoms with Gasteiger partial charge in [-0.25, -0.2) is 12.1 Å². The second kappa shape index (κ2) is 18.2. The molecule has 1 aromatic carbocycles. The summed E-state index contributed by atoms with van der Waals surface area (Å²) in [5.74, 6) is -19.2. The Morgan fingerprint density at radius 1 is 0.613 bits per heavy atom. The molecular formula is C17H28F9N3SiZr. The van der Waals surface area contributed by atoms with Crippen LogP contribution in [0, 0.1) is 0 Å². The zero-order valence-corrected chi connectivity index (χ0v) is 20.9. The zero-order valence-electron chi connectivity index (χ0n) is 17.5. The summed E-state index contributed by atoms with van der Waals surface area (Å²) < 4.78 is 113. The molecule has 31 heavy (non-hydrogen) atoms. The van der Waals surface area contributed by atoms with E-state index in [0.29, 0.717) is 31.8 Å². The Hall–Kier alpha value is -0.300. The molecule has 0 heterocycles. The van der Waals surface area contributed by atoms with E-state index < -0.39 is 30.7 Å². The Balaban J connectivity index is -0.000000232. The van der Waals surface area contributed by atoms with Gasteiger partial charge in [-0.2, -0.15) is 71.3 Å². The van der Waals surface area contributed by atoms with Gasteiger partial charge in [0.1, 0.15) is 0 Å². The number of hydrogen-bond acceptors (Lipinski definition) is 0. The van der Waals surface area contributed by atoms with Crippen molar-refractivity contribution < 1.29 is 65.7 Å². The SMILES string of the molecule is CCC[NH-].CCC[NH-].CCC[NH-].FC(F)(F)[Si]([c-]1cccc1)(C(F)(F)F)C(F)(F)F.[Zr+4]. The Morgan fingerprint density at radius 3 is 0.935 bits per heavy atom. The molecular weight excluding hydrogens is 537 g/mol. The van der Waals surface area contributed by atoms with E-state index in [9.17, 15) is 39.5 Å². The molecule has 0 aliphatic rings.